The van der Waals surface area contributed by atoms with Gasteiger partial charge in [0.25, 0.3) is 5.91 Å². The van der Waals surface area contributed by atoms with Gasteiger partial charge in [-0.3, -0.25) is 4.79 Å². The van der Waals surface area contributed by atoms with Crippen LogP contribution in [0.25, 0.3) is 0 Å². The molecule has 0 saturated carbocycles. The molecule has 1 aliphatic rings. The predicted octanol–water partition coefficient (Wildman–Crippen LogP) is 2.85. The number of ether oxygens (including phenoxy) is 1. The van der Waals surface area contributed by atoms with Gasteiger partial charge in [0.05, 0.1) is 18.8 Å². The third kappa shape index (κ3) is 3.19. The molecular formula is C16H20N2O2S. The summed E-state index contributed by atoms with van der Waals surface area (Å²) in [5.74, 6) is 0.0959. The average molecular weight is 304 g/mol. The number of carbonyl (C=O) groups is 1. The predicted molar refractivity (Wildman–Crippen MR) is 83.8 cm³/mol. The smallest absolute Gasteiger partial charge is 0.270 e. The summed E-state index contributed by atoms with van der Waals surface area (Å²) in [6.45, 7) is 6.10. The van der Waals surface area contributed by atoms with Gasteiger partial charge in [-0.15, -0.1) is 11.3 Å². The molecule has 2 aromatic rings. The number of hydrogen-bond acceptors (Lipinski definition) is 3. The fraction of sp³-hybridized carbons (Fsp3) is 0.438. The van der Waals surface area contributed by atoms with E-state index in [1.807, 2.05) is 47.7 Å². The van der Waals surface area contributed by atoms with Gasteiger partial charge in [-0.2, -0.15) is 0 Å². The summed E-state index contributed by atoms with van der Waals surface area (Å²) < 4.78 is 7.73. The quantitative estimate of drug-likeness (QED) is 0.874. The highest BCUT2D eigenvalue weighted by atomic mass is 32.1. The van der Waals surface area contributed by atoms with E-state index in [1.54, 1.807) is 11.3 Å². The van der Waals surface area contributed by atoms with Crippen molar-refractivity contribution < 1.29 is 9.53 Å². The molecule has 2 atom stereocenters. The molecule has 1 aliphatic heterocycles. The molecule has 4 nitrogen and oxygen atoms in total. The maximum Gasteiger partial charge on any atom is 0.270 e. The number of carbonyl (C=O) groups excluding carboxylic acids is 1. The van der Waals surface area contributed by atoms with Crippen molar-refractivity contribution in [2.75, 3.05) is 13.1 Å². The maximum atomic E-state index is 12.8. The second-order valence-electron chi connectivity index (χ2n) is 5.57. The highest BCUT2D eigenvalue weighted by Crippen LogP contribution is 2.17. The fourth-order valence-corrected chi connectivity index (χ4v) is 3.52. The minimum atomic E-state index is 0.0957. The zero-order valence-electron chi connectivity index (χ0n) is 12.4. The van der Waals surface area contributed by atoms with Crippen molar-refractivity contribution in [3.63, 3.8) is 0 Å². The van der Waals surface area contributed by atoms with Gasteiger partial charge < -0.3 is 14.2 Å². The Bertz CT molecular complexity index is 596. The Morgan fingerprint density at radius 2 is 2.05 bits per heavy atom. The zero-order chi connectivity index (χ0) is 14.8. The van der Waals surface area contributed by atoms with Crippen molar-refractivity contribution in [3.8, 4) is 0 Å². The van der Waals surface area contributed by atoms with Crippen LogP contribution in [0.3, 0.4) is 0 Å². The molecule has 0 spiro atoms. The van der Waals surface area contributed by atoms with Crippen LogP contribution in [0.2, 0.25) is 0 Å². The Kier molecular flexibility index (Phi) is 4.12. The van der Waals surface area contributed by atoms with Gasteiger partial charge in [-0.05, 0) is 37.4 Å². The highest BCUT2D eigenvalue weighted by molar-refractivity contribution is 7.09. The summed E-state index contributed by atoms with van der Waals surface area (Å²) in [7, 11) is 0. The number of nitrogens with zero attached hydrogens (tertiary/aromatic N) is 2. The first-order valence-corrected chi connectivity index (χ1v) is 8.13. The van der Waals surface area contributed by atoms with Gasteiger partial charge in [0, 0.05) is 24.2 Å². The number of aromatic nitrogens is 1. The molecular weight excluding hydrogens is 284 g/mol. The van der Waals surface area contributed by atoms with Gasteiger partial charge in [0.15, 0.2) is 0 Å². The van der Waals surface area contributed by atoms with Gasteiger partial charge in [-0.1, -0.05) is 6.07 Å². The van der Waals surface area contributed by atoms with Crippen LogP contribution >= 0.6 is 11.3 Å². The molecule has 3 heterocycles. The van der Waals surface area contributed by atoms with Crippen LogP contribution in [0.5, 0.6) is 0 Å². The van der Waals surface area contributed by atoms with Gasteiger partial charge in [0.1, 0.15) is 5.69 Å². The van der Waals surface area contributed by atoms with E-state index in [-0.39, 0.29) is 18.1 Å². The third-order valence-corrected chi connectivity index (χ3v) is 4.52. The largest absolute Gasteiger partial charge is 0.372 e. The minimum absolute atomic E-state index is 0.0957. The van der Waals surface area contributed by atoms with E-state index >= 15 is 0 Å². The maximum absolute atomic E-state index is 12.8. The van der Waals surface area contributed by atoms with Crippen LogP contribution < -0.4 is 0 Å². The van der Waals surface area contributed by atoms with Crippen molar-refractivity contribution in [3.05, 3.63) is 46.4 Å². The Morgan fingerprint density at radius 3 is 2.71 bits per heavy atom. The van der Waals surface area contributed by atoms with Gasteiger partial charge in [0.2, 0.25) is 0 Å². The monoisotopic (exact) mass is 304 g/mol. The first kappa shape index (κ1) is 14.4. The summed E-state index contributed by atoms with van der Waals surface area (Å²) >= 11 is 1.71. The van der Waals surface area contributed by atoms with E-state index < -0.39 is 0 Å². The van der Waals surface area contributed by atoms with Crippen LogP contribution in [0, 0.1) is 0 Å². The first-order chi connectivity index (χ1) is 10.1. The standard InChI is InChI=1S/C16H20N2O2S/c1-12-9-18(10-13(2)20-12)16(19)15-6-3-7-17(15)11-14-5-4-8-21-14/h3-8,12-13H,9-11H2,1-2H3/t12-,13-/m1/s1. The molecule has 5 heteroatoms. The summed E-state index contributed by atoms with van der Waals surface area (Å²) in [6, 6.07) is 7.98. The van der Waals surface area contributed by atoms with Crippen molar-refractivity contribution in [1.82, 2.24) is 9.47 Å². The lowest BCUT2D eigenvalue weighted by Crippen LogP contribution is -2.48. The van der Waals surface area contributed by atoms with Gasteiger partial charge in [-0.25, -0.2) is 0 Å². The lowest BCUT2D eigenvalue weighted by molar-refractivity contribution is -0.0588. The van der Waals surface area contributed by atoms with Crippen LogP contribution in [-0.2, 0) is 11.3 Å². The topological polar surface area (TPSA) is 34.5 Å². The number of thiophene rings is 1. The Balaban J connectivity index is 1.77. The first-order valence-electron chi connectivity index (χ1n) is 7.25. The number of amides is 1. The van der Waals surface area contributed by atoms with Crippen molar-refractivity contribution in [2.45, 2.75) is 32.6 Å². The molecule has 21 heavy (non-hydrogen) atoms. The number of rotatable bonds is 3. The lowest BCUT2D eigenvalue weighted by Gasteiger charge is -2.35. The van der Waals surface area contributed by atoms with Crippen LogP contribution in [0.1, 0.15) is 29.2 Å². The molecule has 0 radical (unpaired) electrons. The van der Waals surface area contributed by atoms with E-state index in [4.69, 9.17) is 4.74 Å². The molecule has 2 aromatic heterocycles. The minimum Gasteiger partial charge on any atom is -0.372 e. The summed E-state index contributed by atoms with van der Waals surface area (Å²) in [4.78, 5) is 15.9. The van der Waals surface area contributed by atoms with E-state index in [0.29, 0.717) is 13.1 Å². The Labute approximate surface area is 128 Å². The fourth-order valence-electron chi connectivity index (χ4n) is 2.82. The van der Waals surface area contributed by atoms with Crippen LogP contribution in [-0.4, -0.2) is 40.7 Å². The second-order valence-corrected chi connectivity index (χ2v) is 6.60. The number of morpholine rings is 1. The SMILES string of the molecule is C[C@@H]1CN(C(=O)c2cccn2Cc2cccs2)C[C@@H](C)O1. The molecule has 1 fully saturated rings. The highest BCUT2D eigenvalue weighted by Gasteiger charge is 2.27. The summed E-state index contributed by atoms with van der Waals surface area (Å²) in [5, 5.41) is 2.06. The van der Waals surface area contributed by atoms with Crippen LogP contribution in [0.15, 0.2) is 35.8 Å². The Morgan fingerprint density at radius 1 is 1.29 bits per heavy atom. The molecule has 1 amide bonds. The summed E-state index contributed by atoms with van der Waals surface area (Å²) in [6.07, 6.45) is 2.16. The van der Waals surface area contributed by atoms with Gasteiger partial charge >= 0.3 is 0 Å². The Hall–Kier alpha value is -1.59. The molecule has 3 rings (SSSR count). The van der Waals surface area contributed by atoms with Crippen molar-refractivity contribution in [1.29, 1.82) is 0 Å². The third-order valence-electron chi connectivity index (χ3n) is 3.66. The number of hydrogen-bond donors (Lipinski definition) is 0. The average Bonchev–Trinajstić information content (AvgIpc) is 3.09. The molecule has 0 unspecified atom stereocenters. The lowest BCUT2D eigenvalue weighted by atomic mass is 10.2. The molecule has 0 bridgehead atoms. The normalized spacial score (nSPS) is 22.5. The molecule has 0 N–H and O–H groups in total. The van der Waals surface area contributed by atoms with E-state index in [2.05, 4.69) is 11.4 Å². The van der Waals surface area contributed by atoms with E-state index in [1.165, 1.54) is 4.88 Å². The summed E-state index contributed by atoms with van der Waals surface area (Å²) in [5.41, 5.74) is 0.754. The van der Waals surface area contributed by atoms with E-state index in [0.717, 1.165) is 12.2 Å². The second kappa shape index (κ2) is 6.03. The van der Waals surface area contributed by atoms with Crippen LogP contribution in [0.4, 0.5) is 0 Å². The molecule has 112 valence electrons. The van der Waals surface area contributed by atoms with E-state index in [9.17, 15) is 4.79 Å². The molecule has 0 aliphatic carbocycles. The molecule has 0 aromatic carbocycles. The molecule has 1 saturated heterocycles. The zero-order valence-corrected chi connectivity index (χ0v) is 13.2. The van der Waals surface area contributed by atoms with Crippen molar-refractivity contribution in [2.24, 2.45) is 0 Å². The van der Waals surface area contributed by atoms with Crippen molar-refractivity contribution >= 4 is 17.2 Å².